The van der Waals surface area contributed by atoms with Crippen molar-refractivity contribution >= 4 is 13.7 Å². The van der Waals surface area contributed by atoms with Gasteiger partial charge in [-0.1, -0.05) is 232 Å². The lowest BCUT2D eigenvalue weighted by atomic mass is 10.0. The number of carbonyl (C=O) groups is 1. The van der Waals surface area contributed by atoms with Gasteiger partial charge in [0.05, 0.1) is 39.9 Å². The quantitative estimate of drug-likeness (QED) is 0.0243. The average Bonchev–Trinajstić information content (AvgIpc) is 3.32. The molecule has 0 bridgehead atoms. The number of hydrogen-bond donors (Lipinski definition) is 3. The first-order chi connectivity index (χ1) is 34.0. The third kappa shape index (κ3) is 52.7. The Labute approximate surface area is 431 Å². The lowest BCUT2D eigenvalue weighted by Gasteiger charge is -2.26. The van der Waals surface area contributed by atoms with E-state index in [1.807, 2.05) is 21.1 Å². The van der Waals surface area contributed by atoms with Crippen molar-refractivity contribution in [2.45, 2.75) is 219 Å². The number of quaternary nitrogens is 1. The number of amides is 1. The molecule has 3 N–H and O–H groups in total. The first-order valence-corrected chi connectivity index (χ1v) is 29.4. The van der Waals surface area contributed by atoms with Crippen LogP contribution in [0.2, 0.25) is 0 Å². The smallest absolute Gasteiger partial charge is 0.391 e. The van der Waals surface area contributed by atoms with E-state index in [1.165, 1.54) is 77.0 Å². The largest absolute Gasteiger partial charge is 0.472 e. The number of phosphoric acid groups is 1. The summed E-state index contributed by atoms with van der Waals surface area (Å²) >= 11 is 0. The van der Waals surface area contributed by atoms with Crippen molar-refractivity contribution in [1.82, 2.24) is 5.32 Å². The van der Waals surface area contributed by atoms with Gasteiger partial charge < -0.3 is 19.8 Å². The van der Waals surface area contributed by atoms with Gasteiger partial charge in [-0.25, -0.2) is 4.57 Å². The number of nitrogens with zero attached hydrogens (tertiary/aromatic N) is 1. The molecular weight excluding hydrogens is 888 g/mol. The Balaban J connectivity index is 4.30. The number of nitrogens with one attached hydrogen (secondary N) is 1. The number of unbranched alkanes of at least 4 members (excludes halogenated alkanes) is 16. The van der Waals surface area contributed by atoms with Gasteiger partial charge in [0.15, 0.2) is 0 Å². The molecule has 0 heterocycles. The van der Waals surface area contributed by atoms with Crippen LogP contribution in [0.15, 0.2) is 122 Å². The molecule has 9 heteroatoms. The summed E-state index contributed by atoms with van der Waals surface area (Å²) in [5, 5.41) is 14.0. The second kappa shape index (κ2) is 50.8. The first-order valence-electron chi connectivity index (χ1n) is 27.9. The molecule has 70 heavy (non-hydrogen) atoms. The van der Waals surface area contributed by atoms with Gasteiger partial charge in [-0.2, -0.15) is 0 Å². The Morgan fingerprint density at radius 2 is 0.857 bits per heavy atom. The number of rotatable bonds is 49. The van der Waals surface area contributed by atoms with E-state index in [4.69, 9.17) is 9.05 Å². The van der Waals surface area contributed by atoms with Gasteiger partial charge in [-0.15, -0.1) is 0 Å². The zero-order valence-corrected chi connectivity index (χ0v) is 46.4. The van der Waals surface area contributed by atoms with E-state index >= 15 is 0 Å². The van der Waals surface area contributed by atoms with Crippen LogP contribution >= 0.6 is 7.82 Å². The van der Waals surface area contributed by atoms with Gasteiger partial charge in [0.1, 0.15) is 13.2 Å². The normalized spacial score (nSPS) is 14.9. The van der Waals surface area contributed by atoms with Crippen LogP contribution in [-0.2, 0) is 18.4 Å². The van der Waals surface area contributed by atoms with Crippen molar-refractivity contribution in [2.24, 2.45) is 0 Å². The SMILES string of the molecule is CC/C=C\C/C=C\C/C=C\C/C=C\C/C=C\C/C=C\C/C=C\C/C=C\C/C=C\C/C=C\CCCCC(=O)NC(COP(=O)(O)OCC[N+](C)(C)C)C(O)CCCCCCCCCCCCCCCCC. The lowest BCUT2D eigenvalue weighted by Crippen LogP contribution is -2.46. The standard InChI is InChI=1S/C61H105N2O6P/c1-6-8-10-12-14-16-18-20-22-23-24-25-26-27-28-29-30-31-32-33-34-35-36-37-38-39-41-43-45-47-49-51-53-55-61(65)62-59(58-69-70(66,67)68-57-56-63(3,4)5)60(64)54-52-50-48-46-44-42-40-21-19-17-15-13-11-9-7-2/h8,10,14,16,20,22,24-25,27-28,30-31,33-34,36-37,39,41,45,47,59-60,64H,6-7,9,11-13,15,17-19,21,23,26,29,32,35,38,40,42-44,46,48-58H2,1-5H3,(H-,62,65,66,67)/p+1/b10-8-,16-14-,22-20-,25-24-,28-27-,31-30-,34-33-,37-36-,41-39-,47-45-. The van der Waals surface area contributed by atoms with E-state index in [2.05, 4.69) is 141 Å². The zero-order chi connectivity index (χ0) is 51.3. The fourth-order valence-electron chi connectivity index (χ4n) is 7.37. The van der Waals surface area contributed by atoms with Crippen LogP contribution < -0.4 is 5.32 Å². The third-order valence-electron chi connectivity index (χ3n) is 11.7. The Hall–Kier alpha value is -3.10. The van der Waals surface area contributed by atoms with Crippen LogP contribution in [0.25, 0.3) is 0 Å². The number of hydrogen-bond acceptors (Lipinski definition) is 5. The number of phosphoric ester groups is 1. The first kappa shape index (κ1) is 66.9. The molecule has 0 saturated heterocycles. The number of carbonyl (C=O) groups excluding carboxylic acids is 1. The van der Waals surface area contributed by atoms with E-state index in [1.54, 1.807) is 0 Å². The van der Waals surface area contributed by atoms with Crippen LogP contribution in [0.4, 0.5) is 0 Å². The molecule has 1 amide bonds. The highest BCUT2D eigenvalue weighted by molar-refractivity contribution is 7.47. The molecule has 0 fully saturated rings. The summed E-state index contributed by atoms with van der Waals surface area (Å²) in [6.45, 7) is 4.73. The number of aliphatic hydroxyl groups excluding tert-OH is 1. The summed E-state index contributed by atoms with van der Waals surface area (Å²) < 4.78 is 23.7. The minimum absolute atomic E-state index is 0.0593. The fraction of sp³-hybridized carbons (Fsp3) is 0.656. The average molecular weight is 995 g/mol. The summed E-state index contributed by atoms with van der Waals surface area (Å²) in [6, 6.07) is -0.793. The number of likely N-dealkylation sites (N-methyl/N-ethyl adjacent to an activating group) is 1. The monoisotopic (exact) mass is 994 g/mol. The Kier molecular flexibility index (Phi) is 48.6. The molecule has 0 aromatic rings. The minimum Gasteiger partial charge on any atom is -0.391 e. The van der Waals surface area contributed by atoms with E-state index in [0.29, 0.717) is 30.3 Å². The summed E-state index contributed by atoms with van der Waals surface area (Å²) in [7, 11) is 1.57. The zero-order valence-electron chi connectivity index (χ0n) is 45.5. The van der Waals surface area contributed by atoms with E-state index in [0.717, 1.165) is 96.3 Å². The number of allylic oxidation sites excluding steroid dienone is 20. The Morgan fingerprint density at radius 3 is 1.23 bits per heavy atom. The second-order valence-corrected chi connectivity index (χ2v) is 21.0. The molecule has 0 aromatic carbocycles. The third-order valence-corrected chi connectivity index (χ3v) is 12.7. The highest BCUT2D eigenvalue weighted by Crippen LogP contribution is 2.43. The molecule has 0 aromatic heterocycles. The van der Waals surface area contributed by atoms with Crippen LogP contribution in [0, 0.1) is 0 Å². The summed E-state index contributed by atoms with van der Waals surface area (Å²) in [5.74, 6) is -0.191. The predicted molar refractivity (Wildman–Crippen MR) is 304 cm³/mol. The van der Waals surface area contributed by atoms with Gasteiger partial charge >= 0.3 is 7.82 Å². The summed E-state index contributed by atoms with van der Waals surface area (Å²) in [5.41, 5.74) is 0. The fourth-order valence-corrected chi connectivity index (χ4v) is 8.10. The molecular formula is C61H106N2O6P+. The summed E-state index contributed by atoms with van der Waals surface area (Å²) in [4.78, 5) is 23.3. The van der Waals surface area contributed by atoms with Crippen LogP contribution in [0.5, 0.6) is 0 Å². The van der Waals surface area contributed by atoms with Gasteiger partial charge in [-0.05, 0) is 89.9 Å². The Morgan fingerprint density at radius 1 is 0.500 bits per heavy atom. The molecule has 3 unspecified atom stereocenters. The number of aliphatic hydroxyl groups is 1. The van der Waals surface area contributed by atoms with Crippen LogP contribution in [-0.4, -0.2) is 73.4 Å². The molecule has 0 aliphatic heterocycles. The molecule has 0 spiro atoms. The molecule has 0 saturated carbocycles. The van der Waals surface area contributed by atoms with Crippen LogP contribution in [0.1, 0.15) is 206 Å². The molecule has 0 radical (unpaired) electrons. The highest BCUT2D eigenvalue weighted by atomic mass is 31.2. The van der Waals surface area contributed by atoms with Crippen molar-refractivity contribution < 1.29 is 32.9 Å². The van der Waals surface area contributed by atoms with E-state index in [-0.39, 0.29) is 19.1 Å². The second-order valence-electron chi connectivity index (χ2n) is 19.6. The molecule has 3 atom stereocenters. The van der Waals surface area contributed by atoms with Gasteiger partial charge in [0, 0.05) is 6.42 Å². The van der Waals surface area contributed by atoms with Crippen LogP contribution in [0.3, 0.4) is 0 Å². The maximum absolute atomic E-state index is 13.0. The molecule has 8 nitrogen and oxygen atoms in total. The van der Waals surface area contributed by atoms with Gasteiger partial charge in [-0.3, -0.25) is 13.8 Å². The van der Waals surface area contributed by atoms with E-state index in [9.17, 15) is 19.4 Å². The molecule has 0 rings (SSSR count). The van der Waals surface area contributed by atoms with Gasteiger partial charge in [0.2, 0.25) is 5.91 Å². The predicted octanol–water partition coefficient (Wildman–Crippen LogP) is 17.0. The maximum atomic E-state index is 13.0. The highest BCUT2D eigenvalue weighted by Gasteiger charge is 2.28. The van der Waals surface area contributed by atoms with Crippen molar-refractivity contribution in [3.63, 3.8) is 0 Å². The van der Waals surface area contributed by atoms with Crippen molar-refractivity contribution in [3.8, 4) is 0 Å². The van der Waals surface area contributed by atoms with Crippen molar-refractivity contribution in [3.05, 3.63) is 122 Å². The molecule has 400 valence electrons. The topological polar surface area (TPSA) is 105 Å². The lowest BCUT2D eigenvalue weighted by molar-refractivity contribution is -0.870. The maximum Gasteiger partial charge on any atom is 0.472 e. The van der Waals surface area contributed by atoms with Crippen molar-refractivity contribution in [1.29, 1.82) is 0 Å². The Bertz CT molecular complexity index is 1550. The van der Waals surface area contributed by atoms with Crippen molar-refractivity contribution in [2.75, 3.05) is 40.9 Å². The van der Waals surface area contributed by atoms with E-state index < -0.39 is 20.0 Å². The summed E-state index contributed by atoms with van der Waals surface area (Å²) in [6.07, 6.45) is 75.4. The molecule has 0 aliphatic rings. The molecule has 0 aliphatic carbocycles. The van der Waals surface area contributed by atoms with Gasteiger partial charge in [0.25, 0.3) is 0 Å². The minimum atomic E-state index is -4.34.